The normalized spacial score (nSPS) is 1.50. The van der Waals surface area contributed by atoms with Crippen molar-refractivity contribution in [3.05, 3.63) is 0 Å². The molecule has 1 atom stereocenters. The number of halogens is 1. The monoisotopic (exact) mass is 110 g/mol. The standard InChI is InChI=1S/ClHS.Li.H3P.H/c1-2;;;/h2H;;1H3;/q;+1;;-1. The van der Waals surface area contributed by atoms with Crippen LogP contribution in [0.3, 0.4) is 0 Å². The maximum Gasteiger partial charge on any atom is 1.00 e. The number of hydrogen-bond acceptors (Lipinski definition) is 1. The first-order valence-corrected chi connectivity index (χ1v) is 1.52. The van der Waals surface area contributed by atoms with E-state index in [-0.39, 0.29) is 30.2 Å². The minimum absolute atomic E-state index is 0. The maximum absolute atomic E-state index is 4.33. The summed E-state index contributed by atoms with van der Waals surface area (Å²) in [5, 5.41) is 0. The van der Waals surface area contributed by atoms with Crippen LogP contribution in [0.15, 0.2) is 0 Å². The quantitative estimate of drug-likeness (QED) is 0.213. The summed E-state index contributed by atoms with van der Waals surface area (Å²) in [7, 11) is 4.33. The van der Waals surface area contributed by atoms with Crippen molar-refractivity contribution in [2.45, 2.75) is 0 Å². The molecular weight excluding hydrogens is 105 g/mol. The van der Waals surface area contributed by atoms with Crippen LogP contribution in [0.5, 0.6) is 0 Å². The zero-order valence-electron chi connectivity index (χ0n) is 3.53. The van der Waals surface area contributed by atoms with E-state index < -0.39 is 0 Å². The van der Waals surface area contributed by atoms with Crippen LogP contribution in [0.1, 0.15) is 1.43 Å². The van der Waals surface area contributed by atoms with Gasteiger partial charge in [-0.3, -0.25) is 0 Å². The minimum Gasteiger partial charge on any atom is -1.00 e. The van der Waals surface area contributed by atoms with Crippen LogP contribution in [0, 0.1) is 0 Å². The van der Waals surface area contributed by atoms with Crippen molar-refractivity contribution >= 4 is 32.4 Å². The van der Waals surface area contributed by atoms with E-state index in [1.807, 2.05) is 0 Å². The predicted molar refractivity (Wildman–Crippen MR) is 27.1 cm³/mol. The Bertz CT molecular complexity index is 11.6. The summed E-state index contributed by atoms with van der Waals surface area (Å²) < 4.78 is 0. The number of thiol groups is 1. The average Bonchev–Trinajstić information content (AvgIpc) is 1.00. The Morgan fingerprint density at radius 1 is 1.50 bits per heavy atom. The van der Waals surface area contributed by atoms with Crippen LogP contribution in [-0.4, -0.2) is 0 Å². The zero-order chi connectivity index (χ0) is 2.00. The molecule has 4 heavy (non-hydrogen) atoms. The molecular formula is H5ClLiPS. The smallest absolute Gasteiger partial charge is 1.00 e. The SMILES string of the molecule is P.SCl.[H-].[Li+]. The Hall–Kier alpha value is 1.67. The molecule has 0 aromatic carbocycles. The molecule has 0 nitrogen and oxygen atoms in total. The largest absolute Gasteiger partial charge is 1.00 e. The van der Waals surface area contributed by atoms with Crippen LogP contribution in [0.25, 0.3) is 0 Å². The molecule has 0 rings (SSSR count). The number of hydrogen-bond donors (Lipinski definition) is 1. The average molecular weight is 110 g/mol. The summed E-state index contributed by atoms with van der Waals surface area (Å²) in [6.07, 6.45) is 0. The van der Waals surface area contributed by atoms with Crippen molar-refractivity contribution in [3.8, 4) is 0 Å². The van der Waals surface area contributed by atoms with E-state index in [1.165, 1.54) is 0 Å². The summed E-state index contributed by atoms with van der Waals surface area (Å²) in [6, 6.07) is 0. The van der Waals surface area contributed by atoms with Gasteiger partial charge in [-0.15, -0.1) is 0 Å². The molecule has 0 aliphatic carbocycles. The topological polar surface area (TPSA) is 0 Å². The molecule has 0 N–H and O–H groups in total. The third-order valence-electron chi connectivity index (χ3n) is 0. The van der Waals surface area contributed by atoms with Gasteiger partial charge in [-0.05, 0) is 10.7 Å². The van der Waals surface area contributed by atoms with Crippen LogP contribution in [0.4, 0.5) is 0 Å². The van der Waals surface area contributed by atoms with Gasteiger partial charge in [0, 0.05) is 0 Å². The summed E-state index contributed by atoms with van der Waals surface area (Å²) >= 11 is 3.00. The molecule has 0 aromatic rings. The second-order valence-electron chi connectivity index (χ2n) is 0. The van der Waals surface area contributed by atoms with Crippen molar-refractivity contribution in [2.24, 2.45) is 0 Å². The van der Waals surface area contributed by atoms with E-state index >= 15 is 0 Å². The molecule has 24 valence electrons. The van der Waals surface area contributed by atoms with Crippen molar-refractivity contribution in [3.63, 3.8) is 0 Å². The maximum atomic E-state index is 4.33. The van der Waals surface area contributed by atoms with Gasteiger partial charge in [0.2, 0.25) is 0 Å². The van der Waals surface area contributed by atoms with E-state index in [0.29, 0.717) is 0 Å². The first-order chi connectivity index (χ1) is 1.00. The molecule has 0 bridgehead atoms. The van der Waals surface area contributed by atoms with Crippen molar-refractivity contribution in [1.29, 1.82) is 0 Å². The molecule has 0 spiro atoms. The van der Waals surface area contributed by atoms with Gasteiger partial charge in [-0.1, -0.05) is 11.8 Å². The Kier molecular flexibility index (Phi) is 98.0. The van der Waals surface area contributed by atoms with Crippen LogP contribution < -0.4 is 18.9 Å². The summed E-state index contributed by atoms with van der Waals surface area (Å²) in [5.74, 6) is 0. The first kappa shape index (κ1) is 17.4. The molecule has 0 saturated carbocycles. The number of rotatable bonds is 0. The van der Waals surface area contributed by atoms with E-state index in [1.54, 1.807) is 0 Å². The van der Waals surface area contributed by atoms with Gasteiger partial charge < -0.3 is 1.43 Å². The van der Waals surface area contributed by atoms with Crippen molar-refractivity contribution < 1.29 is 20.3 Å². The fraction of sp³-hybridized carbons (Fsp3) is 0. The Morgan fingerprint density at radius 3 is 1.50 bits per heavy atom. The molecule has 4 heteroatoms. The third kappa shape index (κ3) is 9.39. The van der Waals surface area contributed by atoms with Gasteiger partial charge in [0.1, 0.15) is 0 Å². The zero-order valence-corrected chi connectivity index (χ0v) is 5.60. The van der Waals surface area contributed by atoms with Crippen molar-refractivity contribution in [2.75, 3.05) is 0 Å². The molecule has 0 amide bonds. The van der Waals surface area contributed by atoms with E-state index in [9.17, 15) is 0 Å². The van der Waals surface area contributed by atoms with Gasteiger partial charge in [0.15, 0.2) is 0 Å². The molecule has 1 unspecified atom stereocenters. The fourth-order valence-electron chi connectivity index (χ4n) is 0. The summed E-state index contributed by atoms with van der Waals surface area (Å²) in [5.41, 5.74) is 0. The molecule has 0 aliphatic heterocycles. The Labute approximate surface area is 52.9 Å². The van der Waals surface area contributed by atoms with Crippen LogP contribution >= 0.6 is 32.4 Å². The second-order valence-corrected chi connectivity index (χ2v) is 0. The Morgan fingerprint density at radius 2 is 1.50 bits per heavy atom. The van der Waals surface area contributed by atoms with E-state index in [2.05, 4.69) is 22.5 Å². The van der Waals surface area contributed by atoms with E-state index in [0.717, 1.165) is 0 Å². The fourth-order valence-corrected chi connectivity index (χ4v) is 0. The van der Waals surface area contributed by atoms with Gasteiger partial charge in [-0.2, -0.15) is 9.90 Å². The molecule has 0 saturated heterocycles. The molecule has 0 aliphatic rings. The van der Waals surface area contributed by atoms with Gasteiger partial charge in [0.05, 0.1) is 0 Å². The van der Waals surface area contributed by atoms with Gasteiger partial charge in [0.25, 0.3) is 0 Å². The Balaban J connectivity index is -0.00000000167. The molecule has 0 fully saturated rings. The predicted octanol–water partition coefficient (Wildman–Crippen LogP) is -1.76. The second kappa shape index (κ2) is 22.6. The summed E-state index contributed by atoms with van der Waals surface area (Å²) in [4.78, 5) is 0. The third-order valence-corrected chi connectivity index (χ3v) is 0. The van der Waals surface area contributed by atoms with E-state index in [4.69, 9.17) is 0 Å². The van der Waals surface area contributed by atoms with Gasteiger partial charge in [-0.25, -0.2) is 0 Å². The molecule has 0 heterocycles. The minimum atomic E-state index is 0. The van der Waals surface area contributed by atoms with Crippen LogP contribution in [-0.2, 0) is 0 Å². The van der Waals surface area contributed by atoms with Gasteiger partial charge >= 0.3 is 18.9 Å². The van der Waals surface area contributed by atoms with Crippen LogP contribution in [0.2, 0.25) is 0 Å². The molecule has 0 radical (unpaired) electrons. The first-order valence-electron chi connectivity index (χ1n) is 0.169. The summed E-state index contributed by atoms with van der Waals surface area (Å²) in [6.45, 7) is 0. The van der Waals surface area contributed by atoms with Crippen molar-refractivity contribution in [1.82, 2.24) is 0 Å². The molecule has 0 aromatic heterocycles.